The summed E-state index contributed by atoms with van der Waals surface area (Å²) in [7, 11) is 1.68. The van der Waals surface area contributed by atoms with Crippen LogP contribution >= 0.6 is 0 Å². The molecule has 2 aromatic heterocycles. The van der Waals surface area contributed by atoms with Gasteiger partial charge in [-0.1, -0.05) is 12.1 Å². The fourth-order valence-corrected chi connectivity index (χ4v) is 3.31. The Bertz CT molecular complexity index is 1330. The highest BCUT2D eigenvalue weighted by Crippen LogP contribution is 2.26. The second-order valence-electron chi connectivity index (χ2n) is 8.23. The summed E-state index contributed by atoms with van der Waals surface area (Å²) in [6, 6.07) is 14.5. The molecule has 0 unspecified atom stereocenters. The Morgan fingerprint density at radius 2 is 1.82 bits per heavy atom. The molecule has 4 rings (SSSR count). The zero-order valence-corrected chi connectivity index (χ0v) is 18.7. The van der Waals surface area contributed by atoms with Crippen LogP contribution in [-0.4, -0.2) is 39.5 Å². The molecular formula is C25H24N6O2. The van der Waals surface area contributed by atoms with Gasteiger partial charge in [0.15, 0.2) is 11.3 Å². The zero-order valence-electron chi connectivity index (χ0n) is 18.7. The molecule has 0 radical (unpaired) electrons. The molecule has 8 nitrogen and oxygen atoms in total. The van der Waals surface area contributed by atoms with Gasteiger partial charge in [-0.3, -0.25) is 9.20 Å². The summed E-state index contributed by atoms with van der Waals surface area (Å²) < 4.78 is 7.76. The van der Waals surface area contributed by atoms with E-state index in [1.807, 2.05) is 42.5 Å². The summed E-state index contributed by atoms with van der Waals surface area (Å²) in [4.78, 5) is 26.7. The largest absolute Gasteiger partial charge is 0.487 e. The minimum Gasteiger partial charge on any atom is -0.487 e. The third-order valence-electron chi connectivity index (χ3n) is 5.32. The Balaban J connectivity index is 1.62. The molecule has 0 aliphatic heterocycles. The van der Waals surface area contributed by atoms with E-state index in [1.54, 1.807) is 49.9 Å². The van der Waals surface area contributed by atoms with Crippen LogP contribution in [0, 0.1) is 6.57 Å². The van der Waals surface area contributed by atoms with Crippen LogP contribution in [0.3, 0.4) is 0 Å². The maximum Gasteiger partial charge on any atom is 0.278 e. The highest BCUT2D eigenvalue weighted by molar-refractivity contribution is 6.04. The molecule has 0 spiro atoms. The first kappa shape index (κ1) is 22.0. The summed E-state index contributed by atoms with van der Waals surface area (Å²) in [6.07, 6.45) is 5.01. The molecule has 8 heteroatoms. The van der Waals surface area contributed by atoms with E-state index in [-0.39, 0.29) is 11.6 Å². The molecule has 0 fully saturated rings. The first-order chi connectivity index (χ1) is 15.8. The number of rotatable bonds is 6. The smallest absolute Gasteiger partial charge is 0.278 e. The van der Waals surface area contributed by atoms with E-state index >= 15 is 0 Å². The second-order valence-corrected chi connectivity index (χ2v) is 8.23. The van der Waals surface area contributed by atoms with Gasteiger partial charge in [0.05, 0.1) is 24.7 Å². The molecule has 1 amide bonds. The SMILES string of the molecule is [C-]#[N+]c1ccc(N(C)C(=O)c2cn3c(-c4ccc(OC(C)(C)CN)cc4)cnc3cn2)cc1. The normalized spacial score (nSPS) is 11.2. The second kappa shape index (κ2) is 8.73. The summed E-state index contributed by atoms with van der Waals surface area (Å²) in [5.41, 5.74) is 9.16. The number of carbonyl (C=O) groups is 1. The number of anilines is 1. The summed E-state index contributed by atoms with van der Waals surface area (Å²) in [5, 5.41) is 0. The number of nitrogens with two attached hydrogens (primary N) is 1. The average molecular weight is 441 g/mol. The molecule has 0 bridgehead atoms. The van der Waals surface area contributed by atoms with Gasteiger partial charge in [0.25, 0.3) is 5.91 Å². The van der Waals surface area contributed by atoms with Crippen LogP contribution in [0.2, 0.25) is 0 Å². The number of ether oxygens (including phenoxy) is 1. The molecule has 0 aliphatic rings. The van der Waals surface area contributed by atoms with Gasteiger partial charge in [0, 0.05) is 31.0 Å². The number of hydrogen-bond acceptors (Lipinski definition) is 5. The standard InChI is InChI=1S/C25H24N6O2/c1-25(2,16-26)33-20-11-5-17(6-12-20)22-13-29-23-14-28-21(15-31(22)23)24(32)30(4)19-9-7-18(27-3)8-10-19/h5-15H,16,26H2,1-2,4H3. The molecule has 0 aliphatic carbocycles. The number of hydrogen-bond donors (Lipinski definition) is 1. The van der Waals surface area contributed by atoms with Crippen molar-refractivity contribution in [1.29, 1.82) is 0 Å². The molecular weight excluding hydrogens is 416 g/mol. The van der Waals surface area contributed by atoms with E-state index in [4.69, 9.17) is 17.0 Å². The Hall–Kier alpha value is -4.22. The van der Waals surface area contributed by atoms with Crippen molar-refractivity contribution in [1.82, 2.24) is 14.4 Å². The molecule has 4 aromatic rings. The number of imidazole rings is 1. The molecule has 0 atom stereocenters. The van der Waals surface area contributed by atoms with Crippen molar-refractivity contribution in [3.8, 4) is 17.0 Å². The summed E-state index contributed by atoms with van der Waals surface area (Å²) in [6.45, 7) is 11.3. The van der Waals surface area contributed by atoms with Crippen LogP contribution in [-0.2, 0) is 0 Å². The maximum atomic E-state index is 13.1. The van der Waals surface area contributed by atoms with Crippen molar-refractivity contribution in [3.05, 3.63) is 84.2 Å². The number of carbonyl (C=O) groups excluding carboxylic acids is 1. The van der Waals surface area contributed by atoms with Gasteiger partial charge in [-0.25, -0.2) is 14.8 Å². The van der Waals surface area contributed by atoms with Gasteiger partial charge in [0.1, 0.15) is 17.0 Å². The van der Waals surface area contributed by atoms with Gasteiger partial charge in [0.2, 0.25) is 0 Å². The van der Waals surface area contributed by atoms with Crippen LogP contribution in [0.1, 0.15) is 24.3 Å². The lowest BCUT2D eigenvalue weighted by Gasteiger charge is -2.24. The van der Waals surface area contributed by atoms with E-state index in [0.29, 0.717) is 23.6 Å². The van der Waals surface area contributed by atoms with E-state index < -0.39 is 5.60 Å². The number of nitrogens with zero attached hydrogens (tertiary/aromatic N) is 5. The number of benzene rings is 2. The third-order valence-corrected chi connectivity index (χ3v) is 5.32. The number of amides is 1. The molecule has 0 saturated heterocycles. The number of fused-ring (bicyclic) bond motifs is 1. The molecule has 2 aromatic carbocycles. The highest BCUT2D eigenvalue weighted by Gasteiger charge is 2.19. The molecule has 2 N–H and O–H groups in total. The first-order valence-electron chi connectivity index (χ1n) is 10.4. The van der Waals surface area contributed by atoms with Crippen molar-refractivity contribution in [2.45, 2.75) is 19.4 Å². The average Bonchev–Trinajstić information content (AvgIpc) is 3.26. The van der Waals surface area contributed by atoms with Gasteiger partial charge < -0.3 is 15.4 Å². The van der Waals surface area contributed by atoms with Gasteiger partial charge in [-0.2, -0.15) is 0 Å². The van der Waals surface area contributed by atoms with Crippen LogP contribution in [0.5, 0.6) is 5.75 Å². The van der Waals surface area contributed by atoms with Crippen LogP contribution in [0.25, 0.3) is 21.7 Å². The van der Waals surface area contributed by atoms with Crippen molar-refractivity contribution < 1.29 is 9.53 Å². The lowest BCUT2D eigenvalue weighted by molar-refractivity contribution is 0.0987. The van der Waals surface area contributed by atoms with Gasteiger partial charge in [-0.15, -0.1) is 0 Å². The Morgan fingerprint density at radius 3 is 2.45 bits per heavy atom. The Morgan fingerprint density at radius 1 is 1.12 bits per heavy atom. The maximum absolute atomic E-state index is 13.1. The van der Waals surface area contributed by atoms with Gasteiger partial charge >= 0.3 is 0 Å². The predicted molar refractivity (Wildman–Crippen MR) is 128 cm³/mol. The van der Waals surface area contributed by atoms with Crippen molar-refractivity contribution in [2.75, 3.05) is 18.5 Å². The predicted octanol–water partition coefficient (Wildman–Crippen LogP) is 4.34. The Labute approximate surface area is 192 Å². The van der Waals surface area contributed by atoms with E-state index in [1.165, 1.54) is 4.90 Å². The molecule has 166 valence electrons. The van der Waals surface area contributed by atoms with E-state index in [2.05, 4.69) is 14.8 Å². The zero-order chi connectivity index (χ0) is 23.6. The minimum atomic E-state index is -0.450. The molecule has 0 saturated carbocycles. The first-order valence-corrected chi connectivity index (χ1v) is 10.4. The van der Waals surface area contributed by atoms with Crippen molar-refractivity contribution in [2.24, 2.45) is 5.73 Å². The van der Waals surface area contributed by atoms with E-state index in [0.717, 1.165) is 17.0 Å². The quantitative estimate of drug-likeness (QED) is 0.451. The van der Waals surface area contributed by atoms with Gasteiger partial charge in [-0.05, 0) is 50.2 Å². The minimum absolute atomic E-state index is 0.264. The lowest BCUT2D eigenvalue weighted by Crippen LogP contribution is -2.37. The molecule has 33 heavy (non-hydrogen) atoms. The van der Waals surface area contributed by atoms with Crippen LogP contribution in [0.15, 0.2) is 67.1 Å². The van der Waals surface area contributed by atoms with Crippen molar-refractivity contribution in [3.63, 3.8) is 0 Å². The Kier molecular flexibility index (Phi) is 5.82. The highest BCUT2D eigenvalue weighted by atomic mass is 16.5. The van der Waals surface area contributed by atoms with E-state index in [9.17, 15) is 4.79 Å². The number of aromatic nitrogens is 3. The fraction of sp³-hybridized carbons (Fsp3) is 0.200. The summed E-state index contributed by atoms with van der Waals surface area (Å²) >= 11 is 0. The fourth-order valence-electron chi connectivity index (χ4n) is 3.31. The molecule has 2 heterocycles. The monoisotopic (exact) mass is 440 g/mol. The van der Waals surface area contributed by atoms with Crippen LogP contribution in [0.4, 0.5) is 11.4 Å². The third kappa shape index (κ3) is 4.54. The lowest BCUT2D eigenvalue weighted by atomic mass is 10.1. The summed E-state index contributed by atoms with van der Waals surface area (Å²) in [5.74, 6) is 0.464. The van der Waals surface area contributed by atoms with Crippen molar-refractivity contribution >= 4 is 22.9 Å². The van der Waals surface area contributed by atoms with Crippen LogP contribution < -0.4 is 15.4 Å². The topological polar surface area (TPSA) is 90.1 Å².